The van der Waals surface area contributed by atoms with Gasteiger partial charge in [-0.3, -0.25) is 9.59 Å². The molecule has 8 heteroatoms. The Hall–Kier alpha value is -1.73. The van der Waals surface area contributed by atoms with Crippen molar-refractivity contribution in [3.63, 3.8) is 0 Å². The molecule has 0 aromatic heterocycles. The molecule has 3 atom stereocenters. The second-order valence-corrected chi connectivity index (χ2v) is 6.88. The van der Waals surface area contributed by atoms with Gasteiger partial charge in [0, 0.05) is 6.04 Å². The van der Waals surface area contributed by atoms with Crippen molar-refractivity contribution in [1.29, 1.82) is 0 Å². The molecule has 0 saturated carbocycles. The maximum Gasteiger partial charge on any atom is 0.257 e. The lowest BCUT2D eigenvalue weighted by molar-refractivity contribution is -0.125. The van der Waals surface area contributed by atoms with Gasteiger partial charge in [0.1, 0.15) is 23.2 Å². The van der Waals surface area contributed by atoms with Gasteiger partial charge in [0.15, 0.2) is 0 Å². The topological polar surface area (TPSA) is 70.2 Å². The Bertz CT molecular complexity index is 623. The maximum absolute atomic E-state index is 13.8. The zero-order valence-electron chi connectivity index (χ0n) is 15.1. The van der Waals surface area contributed by atoms with Crippen LogP contribution in [-0.4, -0.2) is 37.0 Å². The van der Waals surface area contributed by atoms with Gasteiger partial charge in [0.05, 0.1) is 0 Å². The van der Waals surface area contributed by atoms with Crippen LogP contribution >= 0.6 is 12.4 Å². The average molecular weight is 390 g/mol. The lowest BCUT2D eigenvalue weighted by atomic mass is 9.94. The minimum Gasteiger partial charge on any atom is -0.351 e. The molecule has 1 aliphatic rings. The van der Waals surface area contributed by atoms with Crippen molar-refractivity contribution in [2.75, 3.05) is 13.1 Å². The summed E-state index contributed by atoms with van der Waals surface area (Å²) in [6, 6.07) is 2.36. The third-order valence-corrected chi connectivity index (χ3v) is 4.54. The molecule has 0 radical (unpaired) electrons. The quantitative estimate of drug-likeness (QED) is 0.723. The molecule has 1 aromatic carbocycles. The van der Waals surface area contributed by atoms with E-state index < -0.39 is 29.1 Å². The number of halogens is 3. The SMILES string of the molecule is CC(C)C(NC(=O)c1c(F)cccc1F)C(=O)NC1CCNCC1C.Cl. The number of rotatable bonds is 5. The summed E-state index contributed by atoms with van der Waals surface area (Å²) in [6.07, 6.45) is 0.799. The van der Waals surface area contributed by atoms with Crippen molar-refractivity contribution in [2.24, 2.45) is 11.8 Å². The summed E-state index contributed by atoms with van der Waals surface area (Å²) in [5.41, 5.74) is -0.670. The number of hydrogen-bond donors (Lipinski definition) is 3. The summed E-state index contributed by atoms with van der Waals surface area (Å²) in [7, 11) is 0. The van der Waals surface area contributed by atoms with Crippen molar-refractivity contribution < 1.29 is 18.4 Å². The zero-order valence-corrected chi connectivity index (χ0v) is 16.0. The van der Waals surface area contributed by atoms with Gasteiger partial charge in [-0.1, -0.05) is 26.8 Å². The van der Waals surface area contributed by atoms with E-state index in [9.17, 15) is 18.4 Å². The molecule has 1 aliphatic heterocycles. The highest BCUT2D eigenvalue weighted by atomic mass is 35.5. The van der Waals surface area contributed by atoms with Gasteiger partial charge in [0.2, 0.25) is 5.91 Å². The Balaban J connectivity index is 0.00000338. The minimum absolute atomic E-state index is 0. The van der Waals surface area contributed by atoms with E-state index in [1.165, 1.54) is 6.07 Å². The van der Waals surface area contributed by atoms with E-state index in [1.54, 1.807) is 13.8 Å². The average Bonchev–Trinajstić information content (AvgIpc) is 2.54. The summed E-state index contributed by atoms with van der Waals surface area (Å²) >= 11 is 0. The van der Waals surface area contributed by atoms with Gasteiger partial charge < -0.3 is 16.0 Å². The van der Waals surface area contributed by atoms with E-state index >= 15 is 0 Å². The van der Waals surface area contributed by atoms with E-state index in [0.717, 1.165) is 31.6 Å². The van der Waals surface area contributed by atoms with Crippen LogP contribution in [-0.2, 0) is 4.79 Å². The number of hydrogen-bond acceptors (Lipinski definition) is 3. The summed E-state index contributed by atoms with van der Waals surface area (Å²) in [4.78, 5) is 24.9. The molecule has 1 aromatic rings. The Morgan fingerprint density at radius 1 is 1.23 bits per heavy atom. The largest absolute Gasteiger partial charge is 0.351 e. The Morgan fingerprint density at radius 2 is 1.85 bits per heavy atom. The van der Waals surface area contributed by atoms with E-state index in [-0.39, 0.29) is 36.2 Å². The highest BCUT2D eigenvalue weighted by Gasteiger charge is 2.30. The third-order valence-electron chi connectivity index (χ3n) is 4.54. The molecule has 1 saturated heterocycles. The van der Waals surface area contributed by atoms with Crippen LogP contribution in [0.15, 0.2) is 18.2 Å². The van der Waals surface area contributed by atoms with E-state index in [2.05, 4.69) is 16.0 Å². The van der Waals surface area contributed by atoms with Crippen molar-refractivity contribution in [3.8, 4) is 0 Å². The van der Waals surface area contributed by atoms with Gasteiger partial charge in [-0.2, -0.15) is 0 Å². The molecular formula is C18H26ClF2N3O2. The fraction of sp³-hybridized carbons (Fsp3) is 0.556. The number of amides is 2. The van der Waals surface area contributed by atoms with Crippen LogP contribution in [0, 0.1) is 23.5 Å². The van der Waals surface area contributed by atoms with Crippen molar-refractivity contribution >= 4 is 24.2 Å². The highest BCUT2D eigenvalue weighted by molar-refractivity contribution is 5.98. The molecule has 26 heavy (non-hydrogen) atoms. The molecule has 0 bridgehead atoms. The van der Waals surface area contributed by atoms with Crippen molar-refractivity contribution in [2.45, 2.75) is 39.3 Å². The molecule has 1 fully saturated rings. The third kappa shape index (κ3) is 5.38. The first-order chi connectivity index (χ1) is 11.8. The molecule has 0 aliphatic carbocycles. The predicted molar refractivity (Wildman–Crippen MR) is 98.3 cm³/mol. The monoisotopic (exact) mass is 389 g/mol. The molecule has 146 valence electrons. The first-order valence-corrected chi connectivity index (χ1v) is 8.57. The number of carbonyl (C=O) groups is 2. The lowest BCUT2D eigenvalue weighted by Crippen LogP contribution is -2.56. The number of carbonyl (C=O) groups excluding carboxylic acids is 2. The molecular weight excluding hydrogens is 364 g/mol. The Kier molecular flexibility index (Phi) is 8.43. The summed E-state index contributed by atoms with van der Waals surface area (Å²) in [5.74, 6) is -3.12. The second kappa shape index (κ2) is 9.83. The van der Waals surface area contributed by atoms with E-state index in [4.69, 9.17) is 0 Å². The normalized spacial score (nSPS) is 20.8. The molecule has 3 N–H and O–H groups in total. The van der Waals surface area contributed by atoms with E-state index in [0.29, 0.717) is 0 Å². The Labute approximate surface area is 158 Å². The van der Waals surface area contributed by atoms with Gasteiger partial charge in [-0.25, -0.2) is 8.78 Å². The molecule has 1 heterocycles. The summed E-state index contributed by atoms with van der Waals surface area (Å²) in [5, 5.41) is 8.68. The highest BCUT2D eigenvalue weighted by Crippen LogP contribution is 2.15. The fourth-order valence-electron chi connectivity index (χ4n) is 2.96. The molecule has 2 rings (SSSR count). The van der Waals surface area contributed by atoms with Crippen LogP contribution in [0.2, 0.25) is 0 Å². The number of piperidine rings is 1. The van der Waals surface area contributed by atoms with Gasteiger partial charge in [-0.15, -0.1) is 12.4 Å². The zero-order chi connectivity index (χ0) is 18.6. The predicted octanol–water partition coefficient (Wildman–Crippen LogP) is 2.26. The van der Waals surface area contributed by atoms with Crippen LogP contribution in [0.4, 0.5) is 8.78 Å². The van der Waals surface area contributed by atoms with Crippen LogP contribution in [0.1, 0.15) is 37.6 Å². The number of nitrogens with one attached hydrogen (secondary N) is 3. The Morgan fingerprint density at radius 3 is 2.38 bits per heavy atom. The van der Waals surface area contributed by atoms with Crippen LogP contribution in [0.5, 0.6) is 0 Å². The molecule has 5 nitrogen and oxygen atoms in total. The minimum atomic E-state index is -0.951. The summed E-state index contributed by atoms with van der Waals surface area (Å²) < 4.78 is 27.5. The first-order valence-electron chi connectivity index (χ1n) is 8.57. The smallest absolute Gasteiger partial charge is 0.257 e. The van der Waals surface area contributed by atoms with E-state index in [1.807, 2.05) is 6.92 Å². The van der Waals surface area contributed by atoms with Crippen LogP contribution in [0.25, 0.3) is 0 Å². The van der Waals surface area contributed by atoms with Gasteiger partial charge >= 0.3 is 0 Å². The summed E-state index contributed by atoms with van der Waals surface area (Å²) in [6.45, 7) is 7.20. The molecule has 3 unspecified atom stereocenters. The fourth-order valence-corrected chi connectivity index (χ4v) is 2.96. The standard InChI is InChI=1S/C18H25F2N3O2.ClH/c1-10(2)16(18(25)22-14-7-8-21-9-11(14)3)23-17(24)15-12(19)5-4-6-13(15)20;/h4-6,10-11,14,16,21H,7-9H2,1-3H3,(H,22,25)(H,23,24);1H. The first kappa shape index (κ1) is 22.3. The van der Waals surface area contributed by atoms with Crippen LogP contribution in [0.3, 0.4) is 0 Å². The number of benzene rings is 1. The van der Waals surface area contributed by atoms with Crippen LogP contribution < -0.4 is 16.0 Å². The van der Waals surface area contributed by atoms with Crippen molar-refractivity contribution in [1.82, 2.24) is 16.0 Å². The van der Waals surface area contributed by atoms with Gasteiger partial charge in [0.25, 0.3) is 5.91 Å². The van der Waals surface area contributed by atoms with Crippen molar-refractivity contribution in [3.05, 3.63) is 35.4 Å². The van der Waals surface area contributed by atoms with Gasteiger partial charge in [-0.05, 0) is 43.5 Å². The lowest BCUT2D eigenvalue weighted by Gasteiger charge is -2.32. The molecule has 2 amide bonds. The maximum atomic E-state index is 13.8. The molecule has 0 spiro atoms. The second-order valence-electron chi connectivity index (χ2n) is 6.88.